The van der Waals surface area contributed by atoms with Crippen LogP contribution in [0.5, 0.6) is 0 Å². The van der Waals surface area contributed by atoms with Crippen LogP contribution in [0, 0.1) is 16.7 Å². The molecule has 0 aromatic rings. The number of carbonyl (C=O) groups excluding carboxylic acids is 3. The van der Waals surface area contributed by atoms with Crippen LogP contribution in [0.15, 0.2) is 0 Å². The summed E-state index contributed by atoms with van der Waals surface area (Å²) in [6.07, 6.45) is 3.44. The van der Waals surface area contributed by atoms with Crippen LogP contribution >= 0.6 is 0 Å². The molecule has 2 saturated heterocycles. The Bertz CT molecular complexity index is 539. The van der Waals surface area contributed by atoms with Crippen molar-refractivity contribution in [3.05, 3.63) is 0 Å². The van der Waals surface area contributed by atoms with E-state index in [-0.39, 0.29) is 41.7 Å². The molecule has 6 nitrogen and oxygen atoms in total. The molecule has 1 N–H and O–H groups in total. The molecule has 3 rings (SSSR count). The summed E-state index contributed by atoms with van der Waals surface area (Å²) in [6.45, 7) is 6.93. The maximum Gasteiger partial charge on any atom is 0.240 e. The molecule has 0 radical (unpaired) electrons. The lowest BCUT2D eigenvalue weighted by molar-refractivity contribution is -0.169. The van der Waals surface area contributed by atoms with E-state index in [2.05, 4.69) is 5.32 Å². The van der Waals surface area contributed by atoms with Crippen molar-refractivity contribution in [2.24, 2.45) is 16.7 Å². The van der Waals surface area contributed by atoms with Gasteiger partial charge in [0.1, 0.15) is 6.54 Å². The van der Waals surface area contributed by atoms with Gasteiger partial charge < -0.3 is 10.1 Å². The van der Waals surface area contributed by atoms with Gasteiger partial charge in [-0.2, -0.15) is 0 Å². The van der Waals surface area contributed by atoms with E-state index in [9.17, 15) is 14.4 Å². The Labute approximate surface area is 136 Å². The second kappa shape index (κ2) is 5.58. The Hall–Kier alpha value is -1.43. The predicted molar refractivity (Wildman–Crippen MR) is 83.3 cm³/mol. The molecule has 3 fully saturated rings. The number of nitrogens with one attached hydrogen (secondary N) is 1. The molecule has 1 saturated carbocycles. The summed E-state index contributed by atoms with van der Waals surface area (Å²) in [5, 5.41) is 2.79. The fourth-order valence-corrected chi connectivity index (χ4v) is 4.28. The molecule has 3 atom stereocenters. The summed E-state index contributed by atoms with van der Waals surface area (Å²) >= 11 is 0. The number of nitrogens with zero attached hydrogens (tertiary/aromatic N) is 1. The minimum Gasteiger partial charge on any atom is -0.376 e. The van der Waals surface area contributed by atoms with Gasteiger partial charge >= 0.3 is 0 Å². The summed E-state index contributed by atoms with van der Waals surface area (Å²) in [6, 6.07) is 0. The quantitative estimate of drug-likeness (QED) is 0.786. The highest BCUT2D eigenvalue weighted by Gasteiger charge is 2.64. The zero-order valence-electron chi connectivity index (χ0n) is 14.2. The zero-order chi connectivity index (χ0) is 16.8. The lowest BCUT2D eigenvalue weighted by Gasteiger charge is -2.47. The third-order valence-corrected chi connectivity index (χ3v) is 6.36. The molecule has 2 bridgehead atoms. The van der Waals surface area contributed by atoms with Gasteiger partial charge in [0.2, 0.25) is 17.7 Å². The Kier molecular flexibility index (Phi) is 3.99. The standard InChI is InChI=1S/C17H26N2O4/c1-16(2)12-6-7-17(16,3)15(22)19(14(12)21)10-13(20)18-9-11-5-4-8-23-11/h11-12H,4-10H2,1-3H3,(H,18,20). The number of likely N-dealkylation sites (tertiary alicyclic amines) is 1. The summed E-state index contributed by atoms with van der Waals surface area (Å²) < 4.78 is 5.46. The Morgan fingerprint density at radius 3 is 2.70 bits per heavy atom. The number of carbonyl (C=O) groups is 3. The molecular weight excluding hydrogens is 296 g/mol. The van der Waals surface area contributed by atoms with Crippen molar-refractivity contribution in [1.29, 1.82) is 0 Å². The molecule has 0 spiro atoms. The number of ether oxygens (including phenoxy) is 1. The molecule has 23 heavy (non-hydrogen) atoms. The van der Waals surface area contributed by atoms with Gasteiger partial charge in [0.15, 0.2) is 0 Å². The van der Waals surface area contributed by atoms with Gasteiger partial charge in [0.05, 0.1) is 11.5 Å². The summed E-state index contributed by atoms with van der Waals surface area (Å²) in [4.78, 5) is 38.8. The van der Waals surface area contributed by atoms with Crippen LogP contribution in [-0.4, -0.2) is 48.4 Å². The minimum atomic E-state index is -0.555. The minimum absolute atomic E-state index is 0.0549. The van der Waals surface area contributed by atoms with Crippen molar-refractivity contribution >= 4 is 17.7 Å². The SMILES string of the molecule is CC12CCC(C(=O)N(CC(=O)NCC3CCCO3)C1=O)C2(C)C. The van der Waals surface area contributed by atoms with Crippen molar-refractivity contribution in [3.63, 3.8) is 0 Å². The highest BCUT2D eigenvalue weighted by atomic mass is 16.5. The zero-order valence-corrected chi connectivity index (χ0v) is 14.2. The van der Waals surface area contributed by atoms with Crippen molar-refractivity contribution in [2.75, 3.05) is 19.7 Å². The van der Waals surface area contributed by atoms with Gasteiger partial charge in [-0.15, -0.1) is 0 Å². The van der Waals surface area contributed by atoms with E-state index in [0.29, 0.717) is 13.0 Å². The molecular formula is C17H26N2O4. The molecule has 1 aliphatic carbocycles. The van der Waals surface area contributed by atoms with Gasteiger partial charge in [-0.3, -0.25) is 19.3 Å². The topological polar surface area (TPSA) is 75.7 Å². The number of imide groups is 1. The molecule has 3 amide bonds. The van der Waals surface area contributed by atoms with Crippen molar-refractivity contribution < 1.29 is 19.1 Å². The van der Waals surface area contributed by atoms with Crippen molar-refractivity contribution in [1.82, 2.24) is 10.2 Å². The molecule has 6 heteroatoms. The third-order valence-electron chi connectivity index (χ3n) is 6.36. The van der Waals surface area contributed by atoms with Crippen LogP contribution in [0.25, 0.3) is 0 Å². The number of hydrogen-bond acceptors (Lipinski definition) is 4. The van der Waals surface area contributed by atoms with Crippen LogP contribution in [0.1, 0.15) is 46.5 Å². The normalized spacial score (nSPS) is 35.7. The first kappa shape index (κ1) is 16.4. The molecule has 0 aromatic heterocycles. The van der Waals surface area contributed by atoms with E-state index in [1.54, 1.807) is 0 Å². The first-order valence-corrected chi connectivity index (χ1v) is 8.51. The van der Waals surface area contributed by atoms with Crippen LogP contribution in [-0.2, 0) is 19.1 Å². The second-order valence-corrected chi connectivity index (χ2v) is 7.81. The Morgan fingerprint density at radius 2 is 2.04 bits per heavy atom. The maximum atomic E-state index is 12.8. The first-order chi connectivity index (χ1) is 10.8. The van der Waals surface area contributed by atoms with E-state index >= 15 is 0 Å². The van der Waals surface area contributed by atoms with Crippen LogP contribution in [0.4, 0.5) is 0 Å². The second-order valence-electron chi connectivity index (χ2n) is 7.81. The fraction of sp³-hybridized carbons (Fsp3) is 0.824. The lowest BCUT2D eigenvalue weighted by atomic mass is 9.62. The number of rotatable bonds is 4. The van der Waals surface area contributed by atoms with Gasteiger partial charge in [-0.05, 0) is 31.1 Å². The first-order valence-electron chi connectivity index (χ1n) is 8.51. The lowest BCUT2D eigenvalue weighted by Crippen LogP contribution is -2.60. The van der Waals surface area contributed by atoms with E-state index in [1.807, 2.05) is 20.8 Å². The van der Waals surface area contributed by atoms with Crippen molar-refractivity contribution in [3.8, 4) is 0 Å². The molecule has 2 aliphatic heterocycles. The Balaban J connectivity index is 1.65. The van der Waals surface area contributed by atoms with E-state index in [0.717, 1.165) is 25.9 Å². The molecule has 3 unspecified atom stereocenters. The number of piperidine rings is 1. The summed E-state index contributed by atoms with van der Waals surface area (Å²) in [5.74, 6) is -0.850. The molecule has 3 aliphatic rings. The van der Waals surface area contributed by atoms with Crippen LogP contribution < -0.4 is 5.32 Å². The van der Waals surface area contributed by atoms with Crippen LogP contribution in [0.2, 0.25) is 0 Å². The van der Waals surface area contributed by atoms with Crippen molar-refractivity contribution in [2.45, 2.75) is 52.6 Å². The number of fused-ring (bicyclic) bond motifs is 2. The average Bonchev–Trinajstić information content (AvgIpc) is 3.06. The van der Waals surface area contributed by atoms with E-state index in [4.69, 9.17) is 4.74 Å². The van der Waals surface area contributed by atoms with Crippen LogP contribution in [0.3, 0.4) is 0 Å². The van der Waals surface area contributed by atoms with Gasteiger partial charge in [0.25, 0.3) is 0 Å². The highest BCUT2D eigenvalue weighted by Crippen LogP contribution is 2.59. The Morgan fingerprint density at radius 1 is 1.30 bits per heavy atom. The largest absolute Gasteiger partial charge is 0.376 e. The van der Waals surface area contributed by atoms with E-state index < -0.39 is 5.41 Å². The van der Waals surface area contributed by atoms with Gasteiger partial charge in [0, 0.05) is 19.1 Å². The number of amides is 3. The van der Waals surface area contributed by atoms with E-state index in [1.165, 1.54) is 4.90 Å². The summed E-state index contributed by atoms with van der Waals surface area (Å²) in [5.41, 5.74) is -0.897. The average molecular weight is 322 g/mol. The highest BCUT2D eigenvalue weighted by molar-refractivity contribution is 6.06. The third kappa shape index (κ3) is 2.47. The monoisotopic (exact) mass is 322 g/mol. The van der Waals surface area contributed by atoms with Gasteiger partial charge in [-0.25, -0.2) is 0 Å². The maximum absolute atomic E-state index is 12.8. The summed E-state index contributed by atoms with van der Waals surface area (Å²) in [7, 11) is 0. The smallest absolute Gasteiger partial charge is 0.240 e. The van der Waals surface area contributed by atoms with Gasteiger partial charge in [-0.1, -0.05) is 20.8 Å². The fourth-order valence-electron chi connectivity index (χ4n) is 4.28. The predicted octanol–water partition coefficient (Wildman–Crippen LogP) is 1.09. The molecule has 2 heterocycles. The number of hydrogen-bond donors (Lipinski definition) is 1. The molecule has 128 valence electrons. The molecule has 0 aromatic carbocycles.